The Morgan fingerprint density at radius 3 is 2.33 bits per heavy atom. The van der Waals surface area contributed by atoms with Crippen molar-refractivity contribution in [2.24, 2.45) is 0 Å². The van der Waals surface area contributed by atoms with Gasteiger partial charge in [0.1, 0.15) is 18.8 Å². The van der Waals surface area contributed by atoms with Crippen LogP contribution in [-0.2, 0) is 4.74 Å². The van der Waals surface area contributed by atoms with Crippen LogP contribution in [0.1, 0.15) is 28.8 Å². The van der Waals surface area contributed by atoms with Crippen molar-refractivity contribution >= 4 is 17.7 Å². The first-order valence-electron chi connectivity index (χ1n) is 9.61. The fourth-order valence-corrected chi connectivity index (χ4v) is 3.90. The fraction of sp³-hybridized carbons (Fsp3) is 0.217. The van der Waals surface area contributed by atoms with E-state index in [-0.39, 0.29) is 24.8 Å². The van der Waals surface area contributed by atoms with Gasteiger partial charge in [0, 0.05) is 23.7 Å². The van der Waals surface area contributed by atoms with Crippen LogP contribution in [0, 0.1) is 0 Å². The van der Waals surface area contributed by atoms with Gasteiger partial charge in [-0.05, 0) is 34.4 Å². The highest BCUT2D eigenvalue weighted by Crippen LogP contribution is 2.44. The Hall–Kier alpha value is -2.93. The zero-order valence-electron chi connectivity index (χ0n) is 16.0. The molecule has 0 fully saturated rings. The number of aromatic nitrogens is 1. The molecular formula is C23H21ClN2O4. The molecule has 0 bridgehead atoms. The van der Waals surface area contributed by atoms with Gasteiger partial charge in [-0.2, -0.15) is 0 Å². The monoisotopic (exact) mass is 424 g/mol. The van der Waals surface area contributed by atoms with Crippen molar-refractivity contribution in [2.45, 2.75) is 18.1 Å². The van der Waals surface area contributed by atoms with Crippen LogP contribution in [0.2, 0.25) is 5.02 Å². The largest absolute Gasteiger partial charge is 0.449 e. The molecule has 2 atom stereocenters. The SMILES string of the molecule is O=C(NCC(O)C(O)c1cc(Cl)ccn1)OCC1c2ccccc2-c2ccccc21. The summed E-state index contributed by atoms with van der Waals surface area (Å²) in [6.45, 7) is -0.0135. The first kappa shape index (κ1) is 20.3. The summed E-state index contributed by atoms with van der Waals surface area (Å²) in [6.07, 6.45) is -1.76. The van der Waals surface area contributed by atoms with Gasteiger partial charge in [0.05, 0.1) is 5.69 Å². The number of alkyl carbamates (subject to hydrolysis) is 1. The zero-order valence-corrected chi connectivity index (χ0v) is 16.8. The number of aliphatic hydroxyl groups excluding tert-OH is 2. The van der Waals surface area contributed by atoms with Crippen molar-refractivity contribution in [1.29, 1.82) is 0 Å². The van der Waals surface area contributed by atoms with Crippen LogP contribution in [0.5, 0.6) is 0 Å². The van der Waals surface area contributed by atoms with Crippen LogP contribution in [0.25, 0.3) is 11.1 Å². The second kappa shape index (κ2) is 8.83. The van der Waals surface area contributed by atoms with Gasteiger partial charge in [-0.1, -0.05) is 60.1 Å². The summed E-state index contributed by atoms with van der Waals surface area (Å²) in [5.41, 5.74) is 4.76. The molecule has 2 unspecified atom stereocenters. The highest BCUT2D eigenvalue weighted by atomic mass is 35.5. The average Bonchev–Trinajstić information content (AvgIpc) is 3.09. The Bertz CT molecular complexity index is 1010. The molecule has 1 amide bonds. The molecule has 4 rings (SSSR count). The Morgan fingerprint density at radius 2 is 1.70 bits per heavy atom. The van der Waals surface area contributed by atoms with Gasteiger partial charge in [0.15, 0.2) is 0 Å². The fourth-order valence-electron chi connectivity index (χ4n) is 3.73. The Kier molecular flexibility index (Phi) is 5.99. The molecule has 3 N–H and O–H groups in total. The van der Waals surface area contributed by atoms with Crippen LogP contribution in [-0.4, -0.2) is 40.5 Å². The van der Waals surface area contributed by atoms with Crippen molar-refractivity contribution in [3.8, 4) is 11.1 Å². The van der Waals surface area contributed by atoms with Gasteiger partial charge < -0.3 is 20.3 Å². The second-order valence-electron chi connectivity index (χ2n) is 7.12. The first-order valence-corrected chi connectivity index (χ1v) is 9.99. The van der Waals surface area contributed by atoms with Crippen LogP contribution in [0.4, 0.5) is 4.79 Å². The molecule has 0 aliphatic heterocycles. The number of carbonyl (C=O) groups excluding carboxylic acids is 1. The maximum atomic E-state index is 12.2. The normalized spacial score (nSPS) is 14.5. The molecule has 1 aliphatic carbocycles. The van der Waals surface area contributed by atoms with Gasteiger partial charge in [-0.25, -0.2) is 4.79 Å². The number of hydrogen-bond acceptors (Lipinski definition) is 5. The predicted octanol–water partition coefficient (Wildman–Crippen LogP) is 3.67. The van der Waals surface area contributed by atoms with Gasteiger partial charge in [-0.15, -0.1) is 0 Å². The highest BCUT2D eigenvalue weighted by molar-refractivity contribution is 6.30. The van der Waals surface area contributed by atoms with E-state index >= 15 is 0 Å². The van der Waals surface area contributed by atoms with Gasteiger partial charge in [0.2, 0.25) is 0 Å². The van der Waals surface area contributed by atoms with Crippen LogP contribution >= 0.6 is 11.6 Å². The van der Waals surface area contributed by atoms with Crippen LogP contribution < -0.4 is 5.32 Å². The maximum Gasteiger partial charge on any atom is 0.407 e. The quantitative estimate of drug-likeness (QED) is 0.561. The third-order valence-electron chi connectivity index (χ3n) is 5.21. The minimum atomic E-state index is -1.28. The molecule has 2 aromatic carbocycles. The number of rotatable bonds is 6. The molecule has 3 aromatic rings. The first-order chi connectivity index (χ1) is 14.5. The molecule has 1 aromatic heterocycles. The van der Waals surface area contributed by atoms with Crippen molar-refractivity contribution in [3.63, 3.8) is 0 Å². The van der Waals surface area contributed by atoms with Crippen LogP contribution in [0.15, 0.2) is 66.9 Å². The minimum absolute atomic E-state index is 0.0469. The molecule has 0 radical (unpaired) electrons. The Labute approximate surface area is 179 Å². The molecule has 1 heterocycles. The lowest BCUT2D eigenvalue weighted by Crippen LogP contribution is -2.36. The second-order valence-corrected chi connectivity index (χ2v) is 7.55. The number of nitrogens with one attached hydrogen (secondary N) is 1. The van der Waals surface area contributed by atoms with Crippen molar-refractivity contribution in [3.05, 3.63) is 88.7 Å². The topological polar surface area (TPSA) is 91.7 Å². The zero-order chi connectivity index (χ0) is 21.1. The van der Waals surface area contributed by atoms with Gasteiger partial charge >= 0.3 is 6.09 Å². The van der Waals surface area contributed by atoms with E-state index in [1.165, 1.54) is 12.3 Å². The summed E-state index contributed by atoms with van der Waals surface area (Å²) in [5, 5.41) is 23.2. The molecule has 0 saturated heterocycles. The maximum absolute atomic E-state index is 12.2. The standard InChI is InChI=1S/C23H21ClN2O4/c24-14-9-10-25-20(11-14)22(28)21(27)12-26-23(29)30-13-19-17-7-3-1-5-15(17)16-6-2-4-8-18(16)19/h1-11,19,21-22,27-28H,12-13H2,(H,26,29). The minimum Gasteiger partial charge on any atom is -0.449 e. The number of ether oxygens (including phenoxy) is 1. The van der Waals surface area contributed by atoms with E-state index in [0.717, 1.165) is 22.3 Å². The van der Waals surface area contributed by atoms with Crippen LogP contribution in [0.3, 0.4) is 0 Å². The van der Waals surface area contributed by atoms with E-state index < -0.39 is 18.3 Å². The highest BCUT2D eigenvalue weighted by Gasteiger charge is 2.29. The summed E-state index contributed by atoms with van der Waals surface area (Å²) in [6, 6.07) is 19.2. The average molecular weight is 425 g/mol. The lowest BCUT2D eigenvalue weighted by atomic mass is 9.98. The van der Waals surface area contributed by atoms with Crippen molar-refractivity contribution in [2.75, 3.05) is 13.2 Å². The lowest BCUT2D eigenvalue weighted by molar-refractivity contribution is 0.0161. The predicted molar refractivity (Wildman–Crippen MR) is 113 cm³/mol. The molecule has 0 spiro atoms. The van der Waals surface area contributed by atoms with E-state index in [0.29, 0.717) is 5.02 Å². The summed E-state index contributed by atoms with van der Waals surface area (Å²) in [5.74, 6) is -0.0469. The molecule has 6 nitrogen and oxygen atoms in total. The van der Waals surface area contributed by atoms with E-state index in [2.05, 4.69) is 22.4 Å². The van der Waals surface area contributed by atoms with Gasteiger partial charge in [-0.3, -0.25) is 4.98 Å². The van der Waals surface area contributed by atoms with E-state index in [9.17, 15) is 15.0 Å². The molecule has 7 heteroatoms. The molecule has 154 valence electrons. The van der Waals surface area contributed by atoms with Crippen molar-refractivity contribution in [1.82, 2.24) is 10.3 Å². The molecular weight excluding hydrogens is 404 g/mol. The number of aliphatic hydroxyl groups is 2. The number of amides is 1. The van der Waals surface area contributed by atoms with Crippen molar-refractivity contribution < 1.29 is 19.7 Å². The third kappa shape index (κ3) is 4.16. The van der Waals surface area contributed by atoms with E-state index in [4.69, 9.17) is 16.3 Å². The van der Waals surface area contributed by atoms with E-state index in [1.807, 2.05) is 36.4 Å². The summed E-state index contributed by atoms with van der Waals surface area (Å²) < 4.78 is 5.42. The number of benzene rings is 2. The number of pyridine rings is 1. The molecule has 30 heavy (non-hydrogen) atoms. The number of halogens is 1. The Morgan fingerprint density at radius 1 is 1.07 bits per heavy atom. The lowest BCUT2D eigenvalue weighted by Gasteiger charge is -2.19. The summed E-state index contributed by atoms with van der Waals surface area (Å²) in [7, 11) is 0. The smallest absolute Gasteiger partial charge is 0.407 e. The van der Waals surface area contributed by atoms with E-state index in [1.54, 1.807) is 6.07 Å². The Balaban J connectivity index is 1.34. The number of hydrogen-bond donors (Lipinski definition) is 3. The number of fused-ring (bicyclic) bond motifs is 3. The molecule has 1 aliphatic rings. The summed E-state index contributed by atoms with van der Waals surface area (Å²) >= 11 is 5.87. The third-order valence-corrected chi connectivity index (χ3v) is 5.44. The number of carbonyl (C=O) groups is 1. The number of nitrogens with zero attached hydrogens (tertiary/aromatic N) is 1. The molecule has 0 saturated carbocycles. The van der Waals surface area contributed by atoms with Gasteiger partial charge in [0.25, 0.3) is 0 Å². The summed E-state index contributed by atoms with van der Waals surface area (Å²) in [4.78, 5) is 16.2.